The van der Waals surface area contributed by atoms with Crippen molar-refractivity contribution in [3.05, 3.63) is 25.5 Å². The first-order chi connectivity index (χ1) is 4.22. The molecule has 4 heteroatoms. The molecule has 0 spiro atoms. The van der Waals surface area contributed by atoms with E-state index in [0.717, 1.165) is 12.3 Å². The first kappa shape index (κ1) is 16.2. The SMILES string of the molecule is C=CC(=O)OC.C=CO.[Li]. The molecule has 0 saturated carbocycles. The van der Waals surface area contributed by atoms with E-state index in [1.54, 1.807) is 0 Å². The van der Waals surface area contributed by atoms with Gasteiger partial charge >= 0.3 is 5.97 Å². The fourth-order valence-electron chi connectivity index (χ4n) is 0.0833. The van der Waals surface area contributed by atoms with E-state index < -0.39 is 5.97 Å². The number of ether oxygens (including phenoxy) is 1. The molecule has 0 rings (SSSR count). The Balaban J connectivity index is -0.000000107. The van der Waals surface area contributed by atoms with Crippen molar-refractivity contribution < 1.29 is 14.6 Å². The van der Waals surface area contributed by atoms with Gasteiger partial charge in [0, 0.05) is 24.9 Å². The number of methoxy groups -OCH3 is 1. The van der Waals surface area contributed by atoms with Crippen LogP contribution in [0.4, 0.5) is 0 Å². The number of hydrogen-bond donors (Lipinski definition) is 1. The molecule has 0 heterocycles. The Morgan fingerprint density at radius 3 is 1.90 bits per heavy atom. The zero-order valence-corrected chi connectivity index (χ0v) is 6.33. The van der Waals surface area contributed by atoms with Crippen LogP contribution in [0.5, 0.6) is 0 Å². The number of aliphatic hydroxyl groups is 1. The Hall–Kier alpha value is -0.653. The molecule has 1 N–H and O–H groups in total. The van der Waals surface area contributed by atoms with Crippen molar-refractivity contribution in [2.45, 2.75) is 0 Å². The first-order valence-corrected chi connectivity index (χ1v) is 2.18. The van der Waals surface area contributed by atoms with E-state index in [1.165, 1.54) is 7.11 Å². The van der Waals surface area contributed by atoms with E-state index >= 15 is 0 Å². The van der Waals surface area contributed by atoms with Gasteiger partial charge in [-0.2, -0.15) is 0 Å². The van der Waals surface area contributed by atoms with Crippen LogP contribution in [0.25, 0.3) is 0 Å². The third-order valence-corrected chi connectivity index (χ3v) is 0.368. The van der Waals surface area contributed by atoms with Gasteiger partial charge in [0.1, 0.15) is 0 Å². The van der Waals surface area contributed by atoms with E-state index in [1.807, 2.05) is 0 Å². The maximum atomic E-state index is 9.84. The maximum Gasteiger partial charge on any atom is 0.329 e. The molecule has 1 radical (unpaired) electrons. The molecule has 0 unspecified atom stereocenters. The van der Waals surface area contributed by atoms with Gasteiger partial charge in [0.05, 0.1) is 13.4 Å². The summed E-state index contributed by atoms with van der Waals surface area (Å²) in [6.45, 7) is 6.07. The molecule has 0 aliphatic carbocycles. The van der Waals surface area contributed by atoms with E-state index in [9.17, 15) is 4.79 Å². The third-order valence-electron chi connectivity index (χ3n) is 0.368. The van der Waals surface area contributed by atoms with E-state index in [2.05, 4.69) is 17.9 Å². The van der Waals surface area contributed by atoms with E-state index in [-0.39, 0.29) is 18.9 Å². The molecule has 0 aromatic carbocycles. The second-order valence-corrected chi connectivity index (χ2v) is 0.910. The van der Waals surface area contributed by atoms with Gasteiger partial charge in [-0.25, -0.2) is 4.79 Å². The predicted octanol–water partition coefficient (Wildman–Crippen LogP) is 0.652. The summed E-state index contributed by atoms with van der Waals surface area (Å²) >= 11 is 0. The monoisotopic (exact) mass is 137 g/mol. The first-order valence-electron chi connectivity index (χ1n) is 2.18. The van der Waals surface area contributed by atoms with Gasteiger partial charge in [0.2, 0.25) is 0 Å². The van der Waals surface area contributed by atoms with Crippen molar-refractivity contribution in [2.24, 2.45) is 0 Å². The molecule has 3 nitrogen and oxygen atoms in total. The standard InChI is InChI=1S/C4H6O2.C2H4O.Li/c1-3-4(5)6-2;1-2-3;/h3H,1H2,2H3;2-3H,1H2;. The van der Waals surface area contributed by atoms with Crippen LogP contribution in [-0.4, -0.2) is 37.0 Å². The number of carbonyl (C=O) groups excluding carboxylic acids is 1. The predicted molar refractivity (Wildman–Crippen MR) is 40.8 cm³/mol. The summed E-state index contributed by atoms with van der Waals surface area (Å²) in [6.07, 6.45) is 1.86. The van der Waals surface area contributed by atoms with Crippen LogP contribution < -0.4 is 0 Å². The number of carbonyl (C=O) groups is 1. The topological polar surface area (TPSA) is 46.5 Å². The van der Waals surface area contributed by atoms with Crippen LogP contribution in [0.1, 0.15) is 0 Å². The van der Waals surface area contributed by atoms with Crippen LogP contribution in [0.15, 0.2) is 25.5 Å². The number of hydrogen-bond acceptors (Lipinski definition) is 3. The number of aliphatic hydroxyl groups excluding tert-OH is 1. The summed E-state index contributed by atoms with van der Waals surface area (Å²) in [4.78, 5) is 9.84. The number of rotatable bonds is 1. The molecule has 0 aromatic heterocycles. The second-order valence-electron chi connectivity index (χ2n) is 0.910. The van der Waals surface area contributed by atoms with Crippen molar-refractivity contribution >= 4 is 24.8 Å². The van der Waals surface area contributed by atoms with Gasteiger partial charge in [-0.15, -0.1) is 0 Å². The minimum absolute atomic E-state index is 0. The summed E-state index contributed by atoms with van der Waals surface area (Å²) in [5.74, 6) is -0.394. The van der Waals surface area contributed by atoms with E-state index in [0.29, 0.717) is 0 Å². The molecule has 0 saturated heterocycles. The van der Waals surface area contributed by atoms with Gasteiger partial charge in [0.25, 0.3) is 0 Å². The molecule has 0 fully saturated rings. The average molecular weight is 137 g/mol. The summed E-state index contributed by atoms with van der Waals surface area (Å²) in [5.41, 5.74) is 0. The zero-order valence-electron chi connectivity index (χ0n) is 6.33. The van der Waals surface area contributed by atoms with Crippen molar-refractivity contribution in [3.63, 3.8) is 0 Å². The van der Waals surface area contributed by atoms with Crippen molar-refractivity contribution in [1.29, 1.82) is 0 Å². The fraction of sp³-hybridized carbons (Fsp3) is 0.167. The van der Waals surface area contributed by atoms with Gasteiger partial charge in [-0.3, -0.25) is 0 Å². The molecule has 0 aromatic rings. The van der Waals surface area contributed by atoms with Crippen molar-refractivity contribution in [1.82, 2.24) is 0 Å². The van der Waals surface area contributed by atoms with E-state index in [4.69, 9.17) is 5.11 Å². The van der Waals surface area contributed by atoms with Crippen molar-refractivity contribution in [2.75, 3.05) is 7.11 Å². The molecule has 0 aliphatic heterocycles. The minimum Gasteiger partial charge on any atom is -0.516 e. The Kier molecular flexibility index (Phi) is 25.5. The minimum atomic E-state index is -0.394. The molecule has 0 bridgehead atoms. The Morgan fingerprint density at radius 2 is 1.90 bits per heavy atom. The molecule has 0 amide bonds. The molecular formula is C6H10LiO3. The Morgan fingerprint density at radius 1 is 1.60 bits per heavy atom. The largest absolute Gasteiger partial charge is 0.516 e. The van der Waals surface area contributed by atoms with Crippen molar-refractivity contribution in [3.8, 4) is 0 Å². The molecule has 0 atom stereocenters. The summed E-state index contributed by atoms with van der Waals surface area (Å²) < 4.78 is 4.14. The molecule has 10 heavy (non-hydrogen) atoms. The van der Waals surface area contributed by atoms with Crippen LogP contribution in [0.2, 0.25) is 0 Å². The normalized spacial score (nSPS) is 5.30. The molecular weight excluding hydrogens is 127 g/mol. The van der Waals surface area contributed by atoms with Gasteiger partial charge in [-0.05, 0) is 0 Å². The van der Waals surface area contributed by atoms with Crippen LogP contribution in [0, 0.1) is 0 Å². The molecule has 0 aliphatic rings. The average Bonchev–Trinajstić information content (AvgIpc) is 1.88. The molecule has 53 valence electrons. The summed E-state index contributed by atoms with van der Waals surface area (Å²) in [7, 11) is 1.31. The number of esters is 1. The summed E-state index contributed by atoms with van der Waals surface area (Å²) in [5, 5.41) is 7.33. The zero-order chi connectivity index (χ0) is 7.70. The summed E-state index contributed by atoms with van der Waals surface area (Å²) in [6, 6.07) is 0. The van der Waals surface area contributed by atoms with Crippen LogP contribution in [-0.2, 0) is 9.53 Å². The fourth-order valence-corrected chi connectivity index (χ4v) is 0.0833. The Labute approximate surface area is 72.6 Å². The van der Waals surface area contributed by atoms with Gasteiger partial charge in [-0.1, -0.05) is 13.2 Å². The van der Waals surface area contributed by atoms with Crippen LogP contribution >= 0.6 is 0 Å². The van der Waals surface area contributed by atoms with Gasteiger partial charge < -0.3 is 9.84 Å². The third kappa shape index (κ3) is 26.4. The maximum absolute atomic E-state index is 9.84. The Bertz CT molecular complexity index is 101. The second kappa shape index (κ2) is 15.8. The van der Waals surface area contributed by atoms with Crippen LogP contribution in [0.3, 0.4) is 0 Å². The quantitative estimate of drug-likeness (QED) is 0.250. The van der Waals surface area contributed by atoms with Gasteiger partial charge in [0.15, 0.2) is 0 Å². The smallest absolute Gasteiger partial charge is 0.329 e.